The highest BCUT2D eigenvalue weighted by atomic mass is 35.5. The quantitative estimate of drug-likeness (QED) is 0.469. The summed E-state index contributed by atoms with van der Waals surface area (Å²) in [7, 11) is 0. The molecule has 0 unspecified atom stereocenters. The number of hydrogen-bond donors (Lipinski definition) is 1. The lowest BCUT2D eigenvalue weighted by Gasteiger charge is -2.18. The summed E-state index contributed by atoms with van der Waals surface area (Å²) in [6, 6.07) is 21.8. The van der Waals surface area contributed by atoms with Crippen molar-refractivity contribution in [1.82, 2.24) is 0 Å². The second-order valence-electron chi connectivity index (χ2n) is 7.50. The summed E-state index contributed by atoms with van der Waals surface area (Å²) >= 11 is 6.00. The maximum atomic E-state index is 12.7. The number of aliphatic imine (C=N–C) groups is 1. The molecule has 1 N–H and O–H groups in total. The lowest BCUT2D eigenvalue weighted by atomic mass is 9.93. The topological polar surface area (TPSA) is 41.5 Å². The van der Waals surface area contributed by atoms with Gasteiger partial charge in [0.2, 0.25) is 5.91 Å². The van der Waals surface area contributed by atoms with E-state index in [0.717, 1.165) is 22.5 Å². The summed E-state index contributed by atoms with van der Waals surface area (Å²) in [5.41, 5.74) is 4.73. The molecule has 0 fully saturated rings. The maximum absolute atomic E-state index is 12.7. The number of fused-ring (bicyclic) bond motifs is 1. The Morgan fingerprint density at radius 2 is 1.83 bits per heavy atom. The van der Waals surface area contributed by atoms with Crippen LogP contribution in [0, 0.1) is 5.92 Å². The highest BCUT2D eigenvalue weighted by molar-refractivity contribution is 6.30. The summed E-state index contributed by atoms with van der Waals surface area (Å²) in [6.07, 6.45) is 4.66. The number of amides is 1. The Kier molecular flexibility index (Phi) is 5.82. The largest absolute Gasteiger partial charge is 0.326 e. The molecule has 0 saturated carbocycles. The van der Waals surface area contributed by atoms with Crippen LogP contribution >= 0.6 is 11.6 Å². The molecule has 3 nitrogen and oxygen atoms in total. The van der Waals surface area contributed by atoms with Crippen molar-refractivity contribution in [3.05, 3.63) is 101 Å². The van der Waals surface area contributed by atoms with Gasteiger partial charge in [0.1, 0.15) is 0 Å². The smallest absolute Gasteiger partial charge is 0.231 e. The summed E-state index contributed by atoms with van der Waals surface area (Å²) < 4.78 is 0. The first kappa shape index (κ1) is 20.1. The van der Waals surface area contributed by atoms with Crippen LogP contribution in [-0.2, 0) is 4.79 Å². The Hall–Kier alpha value is -3.17. The molecule has 4 rings (SSSR count). The van der Waals surface area contributed by atoms with Crippen molar-refractivity contribution in [2.45, 2.75) is 20.3 Å². The summed E-state index contributed by atoms with van der Waals surface area (Å²) in [5, 5.41) is 5.94. The van der Waals surface area contributed by atoms with Crippen LogP contribution in [0.15, 0.2) is 95.1 Å². The number of hydrogen-bond acceptors (Lipinski definition) is 2. The fourth-order valence-corrected chi connectivity index (χ4v) is 3.94. The van der Waals surface area contributed by atoms with Crippen LogP contribution < -0.4 is 5.32 Å². The van der Waals surface area contributed by atoms with E-state index < -0.39 is 0 Å². The van der Waals surface area contributed by atoms with Gasteiger partial charge in [-0.15, -0.1) is 0 Å². The Labute approximate surface area is 181 Å². The second kappa shape index (κ2) is 8.68. The van der Waals surface area contributed by atoms with Gasteiger partial charge in [-0.3, -0.25) is 9.79 Å². The highest BCUT2D eigenvalue weighted by Crippen LogP contribution is 2.27. The normalized spacial score (nSPS) is 16.8. The molecule has 0 saturated heterocycles. The third kappa shape index (κ3) is 4.37. The van der Waals surface area contributed by atoms with E-state index in [1.165, 1.54) is 10.8 Å². The first-order valence-corrected chi connectivity index (χ1v) is 10.4. The van der Waals surface area contributed by atoms with Gasteiger partial charge in [0.15, 0.2) is 0 Å². The molecule has 0 heterocycles. The lowest BCUT2D eigenvalue weighted by Crippen LogP contribution is -2.22. The van der Waals surface area contributed by atoms with Gasteiger partial charge in [0, 0.05) is 22.0 Å². The molecular weight excluding hydrogens is 392 g/mol. The zero-order chi connectivity index (χ0) is 21.1. The third-order valence-electron chi connectivity index (χ3n) is 5.32. The van der Waals surface area contributed by atoms with E-state index in [0.29, 0.717) is 17.1 Å². The molecule has 0 spiro atoms. The molecule has 3 aromatic carbocycles. The van der Waals surface area contributed by atoms with Gasteiger partial charge in [0.25, 0.3) is 0 Å². The summed E-state index contributed by atoms with van der Waals surface area (Å²) in [5.74, 6) is -0.262. The number of nitrogens with one attached hydrogen (secondary N) is 1. The van der Waals surface area contributed by atoms with Crippen LogP contribution in [0.1, 0.15) is 25.8 Å². The molecule has 0 aromatic heterocycles. The molecule has 1 aliphatic rings. The zero-order valence-corrected chi connectivity index (χ0v) is 17.8. The molecule has 1 atom stereocenters. The summed E-state index contributed by atoms with van der Waals surface area (Å²) in [6.45, 7) is 4.04. The van der Waals surface area contributed by atoms with Crippen LogP contribution in [0.25, 0.3) is 10.8 Å². The highest BCUT2D eigenvalue weighted by Gasteiger charge is 2.20. The van der Waals surface area contributed by atoms with Crippen LogP contribution in [0.2, 0.25) is 5.02 Å². The Bertz CT molecular complexity index is 1200. The van der Waals surface area contributed by atoms with E-state index in [1.54, 1.807) is 12.1 Å². The SMILES string of the molecule is CC1=C[C@H](C(=O)Nc2cccc(Cl)c2)CC=C1N=C(C)c1cccc2ccccc12. The maximum Gasteiger partial charge on any atom is 0.231 e. The number of nitrogens with zero attached hydrogens (tertiary/aromatic N) is 1. The Morgan fingerprint density at radius 1 is 1.07 bits per heavy atom. The molecule has 150 valence electrons. The lowest BCUT2D eigenvalue weighted by molar-refractivity contribution is -0.118. The average molecular weight is 415 g/mol. The molecule has 4 heteroatoms. The predicted octanol–water partition coefficient (Wildman–Crippen LogP) is 6.79. The molecule has 1 amide bonds. The van der Waals surface area contributed by atoms with Gasteiger partial charge >= 0.3 is 0 Å². The Balaban J connectivity index is 1.52. The number of rotatable bonds is 4. The van der Waals surface area contributed by atoms with Gasteiger partial charge in [-0.25, -0.2) is 0 Å². The number of allylic oxidation sites excluding steroid dienone is 2. The number of anilines is 1. The number of benzene rings is 3. The standard InChI is InChI=1S/C26H23ClN2O/c1-17-15-20(26(30)29-22-10-6-9-21(27)16-22)13-14-25(17)28-18(2)23-12-5-8-19-7-3-4-11-24(19)23/h3-12,14-16,20H,13H2,1-2H3,(H,29,30)/t20-/m1/s1. The van der Waals surface area contributed by atoms with Gasteiger partial charge in [-0.2, -0.15) is 0 Å². The van der Waals surface area contributed by atoms with Crippen LogP contribution in [0.5, 0.6) is 0 Å². The molecule has 0 radical (unpaired) electrons. The van der Waals surface area contributed by atoms with E-state index in [2.05, 4.69) is 35.6 Å². The average Bonchev–Trinajstić information content (AvgIpc) is 2.74. The minimum Gasteiger partial charge on any atom is -0.326 e. The molecule has 3 aromatic rings. The van der Waals surface area contributed by atoms with Crippen molar-refractivity contribution in [2.24, 2.45) is 10.9 Å². The number of carbonyl (C=O) groups excluding carboxylic acids is 1. The molecule has 0 aliphatic heterocycles. The molecule has 30 heavy (non-hydrogen) atoms. The zero-order valence-electron chi connectivity index (χ0n) is 17.0. The van der Waals surface area contributed by atoms with Crippen molar-refractivity contribution in [1.29, 1.82) is 0 Å². The third-order valence-corrected chi connectivity index (χ3v) is 5.55. The first-order chi connectivity index (χ1) is 14.5. The van der Waals surface area contributed by atoms with Crippen molar-refractivity contribution in [3.8, 4) is 0 Å². The van der Waals surface area contributed by atoms with Crippen molar-refractivity contribution >= 4 is 39.7 Å². The van der Waals surface area contributed by atoms with Crippen LogP contribution in [0.4, 0.5) is 5.69 Å². The monoisotopic (exact) mass is 414 g/mol. The van der Waals surface area contributed by atoms with Crippen LogP contribution in [0.3, 0.4) is 0 Å². The number of carbonyl (C=O) groups is 1. The fraction of sp³-hybridized carbons (Fsp3) is 0.154. The molecular formula is C26H23ClN2O. The minimum absolute atomic E-state index is 0.0401. The molecule has 1 aliphatic carbocycles. The van der Waals surface area contributed by atoms with Crippen molar-refractivity contribution in [2.75, 3.05) is 5.32 Å². The Morgan fingerprint density at radius 3 is 2.63 bits per heavy atom. The van der Waals surface area contributed by atoms with Gasteiger partial charge in [-0.05, 0) is 54.8 Å². The first-order valence-electron chi connectivity index (χ1n) is 10.00. The van der Waals surface area contributed by atoms with Crippen molar-refractivity contribution < 1.29 is 4.79 Å². The summed E-state index contributed by atoms with van der Waals surface area (Å²) in [4.78, 5) is 17.5. The predicted molar refractivity (Wildman–Crippen MR) is 126 cm³/mol. The van der Waals surface area contributed by atoms with Gasteiger partial charge in [0.05, 0.1) is 11.6 Å². The van der Waals surface area contributed by atoms with E-state index in [9.17, 15) is 4.79 Å². The van der Waals surface area contributed by atoms with E-state index in [4.69, 9.17) is 16.6 Å². The fourth-order valence-electron chi connectivity index (χ4n) is 3.75. The van der Waals surface area contributed by atoms with Gasteiger partial charge < -0.3 is 5.32 Å². The van der Waals surface area contributed by atoms with Crippen LogP contribution in [-0.4, -0.2) is 11.6 Å². The number of halogens is 1. The van der Waals surface area contributed by atoms with E-state index in [1.807, 2.05) is 50.3 Å². The van der Waals surface area contributed by atoms with Crippen molar-refractivity contribution in [3.63, 3.8) is 0 Å². The minimum atomic E-state index is -0.221. The molecule has 0 bridgehead atoms. The van der Waals surface area contributed by atoms with E-state index >= 15 is 0 Å². The van der Waals surface area contributed by atoms with E-state index in [-0.39, 0.29) is 11.8 Å². The van der Waals surface area contributed by atoms with Gasteiger partial charge in [-0.1, -0.05) is 72.3 Å². The second-order valence-corrected chi connectivity index (χ2v) is 7.94.